The second kappa shape index (κ2) is 12.2. The average Bonchev–Trinajstić information content (AvgIpc) is 3.45. The van der Waals surface area contributed by atoms with Crippen LogP contribution in [0.1, 0.15) is 31.8 Å². The van der Waals surface area contributed by atoms with Crippen LogP contribution in [-0.2, 0) is 6.18 Å². The number of carbonyl (C=O) groups excluding carboxylic acids is 2. The largest absolute Gasteiger partial charge is 0.416 e. The second-order valence-electron chi connectivity index (χ2n) is 10.4. The number of aromatic amines is 1. The number of rotatable bonds is 8. The van der Waals surface area contributed by atoms with Gasteiger partial charge in [-0.15, -0.1) is 0 Å². The molecule has 1 saturated heterocycles. The van der Waals surface area contributed by atoms with E-state index in [0.29, 0.717) is 34.8 Å². The van der Waals surface area contributed by atoms with Crippen molar-refractivity contribution < 1.29 is 22.8 Å². The van der Waals surface area contributed by atoms with Gasteiger partial charge in [-0.3, -0.25) is 14.5 Å². The number of nitrogens with zero attached hydrogens (tertiary/aromatic N) is 3. The summed E-state index contributed by atoms with van der Waals surface area (Å²) in [5.41, 5.74) is 2.15. The monoisotopic (exact) mass is 579 g/mol. The molecule has 0 spiro atoms. The van der Waals surface area contributed by atoms with Gasteiger partial charge in [0.05, 0.1) is 16.8 Å². The lowest BCUT2D eigenvalue weighted by atomic mass is 10.1. The number of nitrogens with one attached hydrogen (secondary N) is 4. The molecule has 5 rings (SSSR count). The van der Waals surface area contributed by atoms with Crippen LogP contribution in [0.25, 0.3) is 11.0 Å². The summed E-state index contributed by atoms with van der Waals surface area (Å²) in [6.45, 7) is 7.29. The van der Waals surface area contributed by atoms with E-state index in [1.54, 1.807) is 31.3 Å². The van der Waals surface area contributed by atoms with E-state index in [0.717, 1.165) is 55.8 Å². The minimum Gasteiger partial charge on any atom is -0.382 e. The van der Waals surface area contributed by atoms with Crippen molar-refractivity contribution in [2.24, 2.45) is 0 Å². The summed E-state index contributed by atoms with van der Waals surface area (Å²) in [5.74, 6) is -1.09. The Hall–Kier alpha value is -4.42. The number of carbonyl (C=O) groups is 2. The summed E-state index contributed by atoms with van der Waals surface area (Å²) in [7, 11) is 2.11. The summed E-state index contributed by atoms with van der Waals surface area (Å²) >= 11 is 0. The van der Waals surface area contributed by atoms with Crippen molar-refractivity contribution >= 4 is 39.9 Å². The zero-order valence-electron chi connectivity index (χ0n) is 23.3. The topological polar surface area (TPSA) is 105 Å². The molecule has 1 fully saturated rings. The molecule has 9 nitrogen and oxygen atoms in total. The second-order valence-corrected chi connectivity index (χ2v) is 10.4. The summed E-state index contributed by atoms with van der Waals surface area (Å²) < 4.78 is 39.3. The smallest absolute Gasteiger partial charge is 0.382 e. The molecular formula is C30H32F3N7O2. The summed E-state index contributed by atoms with van der Waals surface area (Å²) in [6, 6.07) is 11.0. The summed E-state index contributed by atoms with van der Waals surface area (Å²) in [4.78, 5) is 38.4. The van der Waals surface area contributed by atoms with Crippen LogP contribution in [0.5, 0.6) is 0 Å². The highest BCUT2D eigenvalue weighted by atomic mass is 19.4. The number of likely N-dealkylation sites (N-methyl/N-ethyl adjacent to an activating group) is 1. The van der Waals surface area contributed by atoms with Crippen LogP contribution in [0.4, 0.5) is 30.2 Å². The Morgan fingerprint density at radius 2 is 1.79 bits per heavy atom. The Bertz CT molecular complexity index is 1590. The molecule has 0 aliphatic carbocycles. The Kier molecular flexibility index (Phi) is 8.46. The highest BCUT2D eigenvalue weighted by molar-refractivity contribution is 6.12. The van der Waals surface area contributed by atoms with Crippen LogP contribution in [-0.4, -0.2) is 77.9 Å². The van der Waals surface area contributed by atoms with Crippen LogP contribution in [0, 0.1) is 6.92 Å². The minimum atomic E-state index is -4.56. The fraction of sp³-hybridized carbons (Fsp3) is 0.300. The van der Waals surface area contributed by atoms with Crippen molar-refractivity contribution in [2.45, 2.75) is 13.1 Å². The molecule has 0 radical (unpaired) electrons. The van der Waals surface area contributed by atoms with E-state index in [1.807, 2.05) is 6.07 Å². The number of anilines is 3. The molecule has 220 valence electrons. The molecule has 4 aromatic rings. The van der Waals surface area contributed by atoms with Gasteiger partial charge in [-0.25, -0.2) is 4.98 Å². The number of hydrogen-bond donors (Lipinski definition) is 4. The van der Waals surface area contributed by atoms with Gasteiger partial charge < -0.3 is 25.8 Å². The van der Waals surface area contributed by atoms with E-state index in [2.05, 4.69) is 42.8 Å². The first kappa shape index (κ1) is 29.1. The number of pyridine rings is 1. The molecule has 0 bridgehead atoms. The predicted molar refractivity (Wildman–Crippen MR) is 157 cm³/mol. The third-order valence-electron chi connectivity index (χ3n) is 7.35. The number of aromatic nitrogens is 2. The first-order valence-corrected chi connectivity index (χ1v) is 13.6. The van der Waals surface area contributed by atoms with Crippen molar-refractivity contribution in [3.05, 3.63) is 83.2 Å². The van der Waals surface area contributed by atoms with Crippen molar-refractivity contribution in [3.8, 4) is 0 Å². The maximum Gasteiger partial charge on any atom is 0.416 e. The third-order valence-corrected chi connectivity index (χ3v) is 7.35. The molecule has 1 aliphatic rings. The number of fused-ring (bicyclic) bond motifs is 1. The van der Waals surface area contributed by atoms with E-state index in [9.17, 15) is 22.8 Å². The molecule has 4 N–H and O–H groups in total. The molecule has 0 unspecified atom stereocenters. The highest BCUT2D eigenvalue weighted by Gasteiger charge is 2.31. The van der Waals surface area contributed by atoms with Gasteiger partial charge in [-0.2, -0.15) is 13.2 Å². The molecular weight excluding hydrogens is 547 g/mol. The predicted octanol–water partition coefficient (Wildman–Crippen LogP) is 5.05. The summed E-state index contributed by atoms with van der Waals surface area (Å²) in [6.07, 6.45) is -1.28. The van der Waals surface area contributed by atoms with Crippen LogP contribution in [0.2, 0.25) is 0 Å². The normalized spacial score (nSPS) is 14.6. The molecule has 0 saturated carbocycles. The van der Waals surface area contributed by atoms with E-state index < -0.39 is 23.6 Å². The van der Waals surface area contributed by atoms with E-state index in [-0.39, 0.29) is 5.56 Å². The van der Waals surface area contributed by atoms with Crippen molar-refractivity contribution in [1.82, 2.24) is 19.8 Å². The molecule has 0 atom stereocenters. The number of alkyl halides is 3. The number of amides is 2. The van der Waals surface area contributed by atoms with Gasteiger partial charge >= 0.3 is 6.18 Å². The quantitative estimate of drug-likeness (QED) is 0.233. The molecule has 42 heavy (non-hydrogen) atoms. The maximum atomic E-state index is 13.5. The first-order valence-electron chi connectivity index (χ1n) is 13.6. The van der Waals surface area contributed by atoms with Gasteiger partial charge in [0.25, 0.3) is 11.8 Å². The van der Waals surface area contributed by atoms with Gasteiger partial charge in [0.2, 0.25) is 0 Å². The number of hydrogen-bond acceptors (Lipinski definition) is 6. The Labute approximate surface area is 241 Å². The Morgan fingerprint density at radius 3 is 2.55 bits per heavy atom. The van der Waals surface area contributed by atoms with E-state index in [1.165, 1.54) is 18.3 Å². The van der Waals surface area contributed by atoms with Gasteiger partial charge in [0.15, 0.2) is 0 Å². The zero-order chi connectivity index (χ0) is 29.9. The van der Waals surface area contributed by atoms with Crippen LogP contribution >= 0.6 is 0 Å². The number of piperazine rings is 1. The molecule has 3 heterocycles. The van der Waals surface area contributed by atoms with Crippen molar-refractivity contribution in [3.63, 3.8) is 0 Å². The van der Waals surface area contributed by atoms with E-state index in [4.69, 9.17) is 0 Å². The Morgan fingerprint density at radius 1 is 1.00 bits per heavy atom. The molecule has 12 heteroatoms. The minimum absolute atomic E-state index is 0.130. The number of benzene rings is 2. The van der Waals surface area contributed by atoms with Crippen LogP contribution in [0.3, 0.4) is 0 Å². The number of H-pyrrole nitrogens is 1. The third kappa shape index (κ3) is 6.72. The van der Waals surface area contributed by atoms with Crippen LogP contribution in [0.15, 0.2) is 60.9 Å². The highest BCUT2D eigenvalue weighted by Crippen LogP contribution is 2.30. The zero-order valence-corrected chi connectivity index (χ0v) is 23.3. The first-order chi connectivity index (χ1) is 20.1. The lowest BCUT2D eigenvalue weighted by Gasteiger charge is -2.32. The fourth-order valence-corrected chi connectivity index (χ4v) is 4.85. The summed E-state index contributed by atoms with van der Waals surface area (Å²) in [5, 5.41) is 9.75. The Balaban J connectivity index is 1.31. The van der Waals surface area contributed by atoms with Crippen LogP contribution < -0.4 is 16.0 Å². The molecule has 2 aromatic carbocycles. The number of halogens is 3. The van der Waals surface area contributed by atoms with Gasteiger partial charge in [-0.1, -0.05) is 12.1 Å². The fourth-order valence-electron chi connectivity index (χ4n) is 4.85. The van der Waals surface area contributed by atoms with Gasteiger partial charge in [0, 0.05) is 74.0 Å². The standard InChI is InChI=1S/C30H32F3N7O2/c1-19-6-7-22(37-28(41)20-4-3-5-21(16-20)30(31,32)33)17-25(19)38-29(42)24-18-36-27-23(8-9-35-27)26(24)34-10-11-40-14-12-39(2)13-15-40/h3-9,16-18H,10-15H2,1-2H3,(H,37,41)(H,38,42)(H2,34,35,36). The van der Waals surface area contributed by atoms with Gasteiger partial charge in [0.1, 0.15) is 5.65 Å². The lowest BCUT2D eigenvalue weighted by molar-refractivity contribution is -0.137. The molecule has 2 amide bonds. The van der Waals surface area contributed by atoms with Crippen molar-refractivity contribution in [2.75, 3.05) is 62.3 Å². The molecule has 1 aliphatic heterocycles. The van der Waals surface area contributed by atoms with E-state index >= 15 is 0 Å². The van der Waals surface area contributed by atoms with Crippen molar-refractivity contribution in [1.29, 1.82) is 0 Å². The average molecular weight is 580 g/mol. The maximum absolute atomic E-state index is 13.5. The number of aryl methyl sites for hydroxylation is 1. The SMILES string of the molecule is Cc1ccc(NC(=O)c2cccc(C(F)(F)F)c2)cc1NC(=O)c1cnc2[nH]ccc2c1NCCN1CCN(C)CC1. The van der Waals surface area contributed by atoms with Gasteiger partial charge in [-0.05, 0) is 55.9 Å². The molecule has 2 aromatic heterocycles. The lowest BCUT2D eigenvalue weighted by Crippen LogP contribution is -2.45.